The average molecular weight is 401 g/mol. The van der Waals surface area contributed by atoms with Gasteiger partial charge in [-0.15, -0.1) is 0 Å². The van der Waals surface area contributed by atoms with Gasteiger partial charge in [-0.1, -0.05) is 36.8 Å². The molecule has 0 unspecified atom stereocenters. The van der Waals surface area contributed by atoms with Crippen LogP contribution in [0.2, 0.25) is 0 Å². The van der Waals surface area contributed by atoms with E-state index in [-0.39, 0.29) is 5.91 Å². The summed E-state index contributed by atoms with van der Waals surface area (Å²) in [5, 5.41) is 2.89. The number of carbonyl (C=O) groups excluding carboxylic acids is 1. The van der Waals surface area contributed by atoms with E-state index in [2.05, 4.69) is 33.2 Å². The lowest BCUT2D eigenvalue weighted by atomic mass is 9.99. The van der Waals surface area contributed by atoms with Gasteiger partial charge in [0, 0.05) is 31.0 Å². The summed E-state index contributed by atoms with van der Waals surface area (Å²) in [5.41, 5.74) is 4.25. The minimum atomic E-state index is -0.0635. The second-order valence-electron chi connectivity index (χ2n) is 8.22. The number of amides is 1. The Morgan fingerprint density at radius 2 is 1.90 bits per heavy atom. The fourth-order valence-electron chi connectivity index (χ4n) is 3.84. The summed E-state index contributed by atoms with van der Waals surface area (Å²) < 4.78 is 0. The first kappa shape index (κ1) is 20.1. The number of aromatic nitrogens is 2. The summed E-state index contributed by atoms with van der Waals surface area (Å²) >= 11 is 0. The molecule has 1 aliphatic heterocycles. The summed E-state index contributed by atoms with van der Waals surface area (Å²) in [5.74, 6) is 2.32. The van der Waals surface area contributed by atoms with Gasteiger partial charge >= 0.3 is 0 Å². The maximum absolute atomic E-state index is 12.3. The van der Waals surface area contributed by atoms with E-state index >= 15 is 0 Å². The molecule has 0 spiro atoms. The van der Waals surface area contributed by atoms with Crippen LogP contribution in [0.5, 0.6) is 0 Å². The van der Waals surface area contributed by atoms with Gasteiger partial charge in [-0.3, -0.25) is 4.79 Å². The molecule has 0 radical (unpaired) electrons. The number of carbonyl (C=O) groups is 1. The first-order valence-corrected chi connectivity index (χ1v) is 10.6. The van der Waals surface area contributed by atoms with Crippen molar-refractivity contribution < 1.29 is 4.79 Å². The van der Waals surface area contributed by atoms with E-state index < -0.39 is 0 Å². The SMILES string of the molecule is Cc1cccc(CC(=O)Nc2ccc(-c3ccnc(N4CCC(C)CC4)c3)cn2)c1. The molecule has 0 saturated carbocycles. The van der Waals surface area contributed by atoms with Gasteiger partial charge in [0.2, 0.25) is 5.91 Å². The van der Waals surface area contributed by atoms with E-state index in [1.807, 2.05) is 55.6 Å². The van der Waals surface area contributed by atoms with Gasteiger partial charge in [0.25, 0.3) is 0 Å². The molecule has 1 fully saturated rings. The molecule has 2 aromatic heterocycles. The summed E-state index contributed by atoms with van der Waals surface area (Å²) in [6.07, 6.45) is 6.43. The molecule has 1 aromatic carbocycles. The van der Waals surface area contributed by atoms with Gasteiger partial charge < -0.3 is 10.2 Å². The minimum absolute atomic E-state index is 0.0635. The quantitative estimate of drug-likeness (QED) is 0.664. The Morgan fingerprint density at radius 1 is 1.07 bits per heavy atom. The second kappa shape index (κ2) is 9.08. The van der Waals surface area contributed by atoms with Crippen molar-refractivity contribution in [2.24, 2.45) is 5.92 Å². The molecular weight excluding hydrogens is 372 g/mol. The molecule has 0 bridgehead atoms. The van der Waals surface area contributed by atoms with Crippen LogP contribution in [-0.2, 0) is 11.2 Å². The summed E-state index contributed by atoms with van der Waals surface area (Å²) in [7, 11) is 0. The highest BCUT2D eigenvalue weighted by Gasteiger charge is 2.17. The van der Waals surface area contributed by atoms with Crippen LogP contribution in [0.3, 0.4) is 0 Å². The van der Waals surface area contributed by atoms with Crippen LogP contribution in [0.25, 0.3) is 11.1 Å². The molecule has 30 heavy (non-hydrogen) atoms. The number of nitrogens with one attached hydrogen (secondary N) is 1. The number of hydrogen-bond donors (Lipinski definition) is 1. The summed E-state index contributed by atoms with van der Waals surface area (Å²) in [6.45, 7) is 6.45. The third kappa shape index (κ3) is 5.03. The Morgan fingerprint density at radius 3 is 2.63 bits per heavy atom. The fraction of sp³-hybridized carbons (Fsp3) is 0.320. The van der Waals surface area contributed by atoms with E-state index in [9.17, 15) is 4.79 Å². The molecule has 1 saturated heterocycles. The molecule has 3 heterocycles. The van der Waals surface area contributed by atoms with Crippen molar-refractivity contribution >= 4 is 17.5 Å². The first-order valence-electron chi connectivity index (χ1n) is 10.6. The molecule has 1 aliphatic rings. The standard InChI is InChI=1S/C25H28N4O/c1-18-9-12-29(13-10-18)24-16-21(8-11-26-24)22-6-7-23(27-17-22)28-25(30)15-20-5-3-4-19(2)14-20/h3-8,11,14,16-18H,9-10,12-13,15H2,1-2H3,(H,27,28,30). The second-order valence-corrected chi connectivity index (χ2v) is 8.22. The van der Waals surface area contributed by atoms with Gasteiger partial charge in [-0.05, 0) is 61.1 Å². The van der Waals surface area contributed by atoms with E-state index in [4.69, 9.17) is 0 Å². The van der Waals surface area contributed by atoms with Crippen molar-refractivity contribution in [2.75, 3.05) is 23.3 Å². The Bertz CT molecular complexity index is 1010. The smallest absolute Gasteiger partial charge is 0.229 e. The number of nitrogens with zero attached hydrogens (tertiary/aromatic N) is 3. The molecule has 0 aliphatic carbocycles. The molecule has 5 nitrogen and oxygen atoms in total. The van der Waals surface area contributed by atoms with Crippen LogP contribution in [-0.4, -0.2) is 29.0 Å². The topological polar surface area (TPSA) is 58.1 Å². The summed E-state index contributed by atoms with van der Waals surface area (Å²) in [6, 6.07) is 16.0. The monoisotopic (exact) mass is 400 g/mol. The molecule has 0 atom stereocenters. The highest BCUT2D eigenvalue weighted by Crippen LogP contribution is 2.26. The van der Waals surface area contributed by atoms with Crippen molar-refractivity contribution in [2.45, 2.75) is 33.1 Å². The largest absolute Gasteiger partial charge is 0.357 e. The van der Waals surface area contributed by atoms with Gasteiger partial charge in [-0.25, -0.2) is 9.97 Å². The highest BCUT2D eigenvalue weighted by molar-refractivity contribution is 5.91. The average Bonchev–Trinajstić information content (AvgIpc) is 2.75. The molecule has 1 N–H and O–H groups in total. The molecule has 5 heteroatoms. The lowest BCUT2D eigenvalue weighted by Gasteiger charge is -2.31. The molecule has 1 amide bonds. The number of benzene rings is 1. The predicted molar refractivity (Wildman–Crippen MR) is 122 cm³/mol. The van der Waals surface area contributed by atoms with Crippen LogP contribution < -0.4 is 10.2 Å². The number of anilines is 2. The van der Waals surface area contributed by atoms with Crippen molar-refractivity contribution in [3.63, 3.8) is 0 Å². The van der Waals surface area contributed by atoms with Crippen LogP contribution in [0.15, 0.2) is 60.9 Å². The summed E-state index contributed by atoms with van der Waals surface area (Å²) in [4.78, 5) is 23.7. The van der Waals surface area contributed by atoms with E-state index in [1.165, 1.54) is 12.8 Å². The van der Waals surface area contributed by atoms with E-state index in [0.29, 0.717) is 12.2 Å². The number of aryl methyl sites for hydroxylation is 1. The number of pyridine rings is 2. The van der Waals surface area contributed by atoms with Crippen LogP contribution in [0.1, 0.15) is 30.9 Å². The maximum Gasteiger partial charge on any atom is 0.229 e. The zero-order chi connectivity index (χ0) is 20.9. The van der Waals surface area contributed by atoms with Gasteiger partial charge in [0.15, 0.2) is 0 Å². The Hall–Kier alpha value is -3.21. The first-order chi connectivity index (χ1) is 14.6. The number of rotatable bonds is 5. The van der Waals surface area contributed by atoms with E-state index in [0.717, 1.165) is 47.1 Å². The maximum atomic E-state index is 12.3. The van der Waals surface area contributed by atoms with Crippen molar-refractivity contribution in [3.05, 3.63) is 72.1 Å². The highest BCUT2D eigenvalue weighted by atomic mass is 16.1. The van der Waals surface area contributed by atoms with Gasteiger partial charge in [0.05, 0.1) is 6.42 Å². The minimum Gasteiger partial charge on any atom is -0.357 e. The molecule has 3 aromatic rings. The molecule has 154 valence electrons. The molecule has 4 rings (SSSR count). The Kier molecular flexibility index (Phi) is 6.07. The van der Waals surface area contributed by atoms with Crippen molar-refractivity contribution in [1.82, 2.24) is 9.97 Å². The number of hydrogen-bond acceptors (Lipinski definition) is 4. The van der Waals surface area contributed by atoms with Gasteiger partial charge in [0.1, 0.15) is 11.6 Å². The van der Waals surface area contributed by atoms with Crippen molar-refractivity contribution in [1.29, 1.82) is 0 Å². The predicted octanol–water partition coefficient (Wildman–Crippen LogP) is 4.87. The Labute approximate surface area is 178 Å². The third-order valence-electron chi connectivity index (χ3n) is 5.66. The van der Waals surface area contributed by atoms with Crippen LogP contribution in [0.4, 0.5) is 11.6 Å². The third-order valence-corrected chi connectivity index (χ3v) is 5.66. The van der Waals surface area contributed by atoms with Crippen LogP contribution in [0, 0.1) is 12.8 Å². The normalized spacial score (nSPS) is 14.5. The van der Waals surface area contributed by atoms with Crippen LogP contribution >= 0.6 is 0 Å². The van der Waals surface area contributed by atoms with Crippen molar-refractivity contribution in [3.8, 4) is 11.1 Å². The fourth-order valence-corrected chi connectivity index (χ4v) is 3.84. The zero-order valence-electron chi connectivity index (χ0n) is 17.6. The molecular formula is C25H28N4O. The Balaban J connectivity index is 1.41. The van der Waals surface area contributed by atoms with E-state index in [1.54, 1.807) is 6.20 Å². The number of piperidine rings is 1. The lowest BCUT2D eigenvalue weighted by molar-refractivity contribution is -0.115. The van der Waals surface area contributed by atoms with Gasteiger partial charge in [-0.2, -0.15) is 0 Å². The lowest BCUT2D eigenvalue weighted by Crippen LogP contribution is -2.33. The zero-order valence-corrected chi connectivity index (χ0v) is 17.6.